The number of methoxy groups -OCH3 is 1. The zero-order valence-corrected chi connectivity index (χ0v) is 15.0. The molecule has 5 aromatic rings. The predicted molar refractivity (Wildman–Crippen MR) is 104 cm³/mol. The molecule has 0 aliphatic heterocycles. The molecule has 0 spiro atoms. The van der Waals surface area contributed by atoms with Gasteiger partial charge in [0.15, 0.2) is 11.0 Å². The Hall–Kier alpha value is -3.14. The molecular formula is C22H19N2O2+. The Kier molecular flexibility index (Phi) is 3.02. The van der Waals surface area contributed by atoms with E-state index in [0.717, 1.165) is 45.0 Å². The Bertz CT molecular complexity index is 1380. The van der Waals surface area contributed by atoms with Crippen molar-refractivity contribution in [2.75, 3.05) is 7.11 Å². The van der Waals surface area contributed by atoms with Crippen LogP contribution < -0.4 is 14.9 Å². The van der Waals surface area contributed by atoms with E-state index in [4.69, 9.17) is 4.74 Å². The maximum Gasteiger partial charge on any atom is 0.347 e. The molecule has 0 radical (unpaired) electrons. The molecular weight excluding hydrogens is 324 g/mol. The first kappa shape index (κ1) is 15.1. The maximum atomic E-state index is 13.4. The highest BCUT2D eigenvalue weighted by Crippen LogP contribution is 2.31. The van der Waals surface area contributed by atoms with Gasteiger partial charge in [-0.15, -0.1) is 0 Å². The van der Waals surface area contributed by atoms with E-state index in [0.29, 0.717) is 0 Å². The highest BCUT2D eigenvalue weighted by atomic mass is 16.5. The molecule has 128 valence electrons. The number of hydrogen-bond donors (Lipinski definition) is 0. The molecule has 0 N–H and O–H groups in total. The van der Waals surface area contributed by atoms with E-state index in [1.807, 2.05) is 41.8 Å². The average molecular weight is 343 g/mol. The summed E-state index contributed by atoms with van der Waals surface area (Å²) in [6.07, 6.45) is 0.945. The SMILES string of the molecule is CCc1ccc2c3c1cccc3c(=O)n1c3cc(OC)ccc3[n+](C)c21. The van der Waals surface area contributed by atoms with Gasteiger partial charge in [0, 0.05) is 11.5 Å². The predicted octanol–water partition coefficient (Wildman–Crippen LogP) is 3.59. The quantitative estimate of drug-likeness (QED) is 0.459. The van der Waals surface area contributed by atoms with Gasteiger partial charge in [0.25, 0.3) is 5.65 Å². The molecule has 2 aromatic heterocycles. The normalized spacial score (nSPS) is 12.0. The van der Waals surface area contributed by atoms with Crippen molar-refractivity contribution in [3.63, 3.8) is 0 Å². The summed E-state index contributed by atoms with van der Waals surface area (Å²) in [5.74, 6) is 0.747. The van der Waals surface area contributed by atoms with Crippen molar-refractivity contribution < 1.29 is 9.30 Å². The van der Waals surface area contributed by atoms with Crippen LogP contribution in [-0.4, -0.2) is 11.5 Å². The van der Waals surface area contributed by atoms with Crippen LogP contribution in [0.15, 0.2) is 53.3 Å². The second kappa shape index (κ2) is 5.18. The third kappa shape index (κ3) is 1.74. The zero-order chi connectivity index (χ0) is 18.0. The van der Waals surface area contributed by atoms with Crippen molar-refractivity contribution >= 4 is 38.2 Å². The van der Waals surface area contributed by atoms with E-state index in [2.05, 4.69) is 29.7 Å². The third-order valence-electron chi connectivity index (χ3n) is 5.50. The van der Waals surface area contributed by atoms with E-state index < -0.39 is 0 Å². The van der Waals surface area contributed by atoms with Crippen LogP contribution in [0.5, 0.6) is 5.75 Å². The van der Waals surface area contributed by atoms with Gasteiger partial charge < -0.3 is 4.74 Å². The van der Waals surface area contributed by atoms with Gasteiger partial charge in [0.1, 0.15) is 5.75 Å². The molecule has 0 aliphatic rings. The molecule has 0 bridgehead atoms. The van der Waals surface area contributed by atoms with E-state index in [1.54, 1.807) is 7.11 Å². The van der Waals surface area contributed by atoms with Crippen LogP contribution in [-0.2, 0) is 13.5 Å². The number of aryl methyl sites for hydroxylation is 2. The average Bonchev–Trinajstić information content (AvgIpc) is 2.98. The van der Waals surface area contributed by atoms with E-state index in [9.17, 15) is 4.79 Å². The summed E-state index contributed by atoms with van der Waals surface area (Å²) in [5.41, 5.74) is 4.09. The maximum absolute atomic E-state index is 13.4. The van der Waals surface area contributed by atoms with Gasteiger partial charge in [-0.2, -0.15) is 4.40 Å². The Morgan fingerprint density at radius 3 is 2.62 bits per heavy atom. The molecule has 0 aliphatic carbocycles. The Morgan fingerprint density at radius 1 is 1.04 bits per heavy atom. The van der Waals surface area contributed by atoms with Gasteiger partial charge >= 0.3 is 5.56 Å². The summed E-state index contributed by atoms with van der Waals surface area (Å²) < 4.78 is 9.30. The lowest BCUT2D eigenvalue weighted by molar-refractivity contribution is -0.617. The van der Waals surface area contributed by atoms with Gasteiger partial charge in [-0.05, 0) is 41.6 Å². The molecule has 5 rings (SSSR count). The molecule has 0 atom stereocenters. The molecule has 2 heterocycles. The van der Waals surface area contributed by atoms with E-state index in [1.165, 1.54) is 10.9 Å². The second-order valence-corrected chi connectivity index (χ2v) is 6.73. The minimum Gasteiger partial charge on any atom is -0.497 e. The molecule has 0 amide bonds. The molecule has 0 fully saturated rings. The lowest BCUT2D eigenvalue weighted by Gasteiger charge is -2.08. The summed E-state index contributed by atoms with van der Waals surface area (Å²) in [7, 11) is 3.66. The smallest absolute Gasteiger partial charge is 0.347 e. The number of nitrogens with zero attached hydrogens (tertiary/aromatic N) is 2. The number of fused-ring (bicyclic) bond motifs is 4. The summed E-state index contributed by atoms with van der Waals surface area (Å²) in [6.45, 7) is 2.15. The fraction of sp³-hybridized carbons (Fsp3) is 0.182. The lowest BCUT2D eigenvalue weighted by atomic mass is 9.97. The fourth-order valence-corrected chi connectivity index (χ4v) is 4.24. The van der Waals surface area contributed by atoms with Crippen LogP contribution in [0, 0.1) is 0 Å². The van der Waals surface area contributed by atoms with Crippen LogP contribution >= 0.6 is 0 Å². The molecule has 3 aromatic carbocycles. The number of rotatable bonds is 2. The van der Waals surface area contributed by atoms with Crippen molar-refractivity contribution in [2.45, 2.75) is 13.3 Å². The number of pyridine rings is 1. The van der Waals surface area contributed by atoms with Gasteiger partial charge in [-0.1, -0.05) is 25.1 Å². The minimum absolute atomic E-state index is 0.0187. The number of hydrogen-bond acceptors (Lipinski definition) is 2. The second-order valence-electron chi connectivity index (χ2n) is 6.73. The number of benzene rings is 3. The third-order valence-corrected chi connectivity index (χ3v) is 5.50. The number of ether oxygens (including phenoxy) is 1. The molecule has 0 unspecified atom stereocenters. The van der Waals surface area contributed by atoms with Gasteiger partial charge in [0.2, 0.25) is 0 Å². The monoisotopic (exact) mass is 343 g/mol. The van der Waals surface area contributed by atoms with Crippen LogP contribution in [0.25, 0.3) is 38.2 Å². The summed E-state index contributed by atoms with van der Waals surface area (Å²) in [4.78, 5) is 13.4. The zero-order valence-electron chi connectivity index (χ0n) is 15.0. The van der Waals surface area contributed by atoms with E-state index in [-0.39, 0.29) is 5.56 Å². The van der Waals surface area contributed by atoms with Crippen molar-refractivity contribution in [1.29, 1.82) is 0 Å². The van der Waals surface area contributed by atoms with Crippen LogP contribution in [0.3, 0.4) is 0 Å². The van der Waals surface area contributed by atoms with Crippen LogP contribution in [0.1, 0.15) is 12.5 Å². The van der Waals surface area contributed by atoms with Crippen LogP contribution in [0.4, 0.5) is 0 Å². The largest absolute Gasteiger partial charge is 0.497 e. The fourth-order valence-electron chi connectivity index (χ4n) is 4.24. The molecule has 26 heavy (non-hydrogen) atoms. The molecule has 4 heteroatoms. The highest BCUT2D eigenvalue weighted by molar-refractivity contribution is 6.15. The van der Waals surface area contributed by atoms with Gasteiger partial charge in [-0.25, -0.2) is 9.36 Å². The summed E-state index contributed by atoms with van der Waals surface area (Å²) >= 11 is 0. The summed E-state index contributed by atoms with van der Waals surface area (Å²) in [6, 6.07) is 16.2. The number of aromatic nitrogens is 2. The highest BCUT2D eigenvalue weighted by Gasteiger charge is 2.25. The van der Waals surface area contributed by atoms with Crippen molar-refractivity contribution in [3.8, 4) is 5.75 Å². The van der Waals surface area contributed by atoms with Gasteiger partial charge in [0.05, 0.1) is 24.9 Å². The van der Waals surface area contributed by atoms with E-state index >= 15 is 0 Å². The lowest BCUT2D eigenvalue weighted by Crippen LogP contribution is -2.29. The molecule has 0 saturated carbocycles. The minimum atomic E-state index is 0.0187. The van der Waals surface area contributed by atoms with Crippen molar-refractivity contribution in [3.05, 3.63) is 64.4 Å². The first-order valence-corrected chi connectivity index (χ1v) is 8.84. The summed E-state index contributed by atoms with van der Waals surface area (Å²) in [5, 5.41) is 4.10. The van der Waals surface area contributed by atoms with Crippen LogP contribution in [0.2, 0.25) is 0 Å². The Balaban J connectivity index is 2.15. The Labute approximate surface area is 150 Å². The van der Waals surface area contributed by atoms with Gasteiger partial charge in [-0.3, -0.25) is 0 Å². The molecule has 0 saturated heterocycles. The Morgan fingerprint density at radius 2 is 1.85 bits per heavy atom. The van der Waals surface area contributed by atoms with Crippen molar-refractivity contribution in [1.82, 2.24) is 4.40 Å². The molecule has 4 nitrogen and oxygen atoms in total. The first-order chi connectivity index (χ1) is 12.7. The standard InChI is InChI=1S/C22H19N2O2/c1-4-13-8-10-16-20-15(13)6-5-7-17(20)22(25)24-19-12-14(26-3)9-11-18(19)23(2)21(16)24/h5-12H,4H2,1-3H3/q+1. The number of imidazole rings is 1. The first-order valence-electron chi connectivity index (χ1n) is 8.84. The topological polar surface area (TPSA) is 34.6 Å². The van der Waals surface area contributed by atoms with Crippen molar-refractivity contribution in [2.24, 2.45) is 7.05 Å².